The second-order valence-electron chi connectivity index (χ2n) is 6.84. The Kier molecular flexibility index (Phi) is 8.21. The van der Waals surface area contributed by atoms with E-state index in [1.54, 1.807) is 11.3 Å². The normalized spacial score (nSPS) is 12.4. The Hall–Kier alpha value is -1.31. The molecule has 154 valence electrons. The fraction of sp³-hybridized carbons (Fsp3) is 0.333. The van der Waals surface area contributed by atoms with E-state index in [0.717, 1.165) is 39.6 Å². The Balaban J connectivity index is 1.37. The molecule has 0 aliphatic heterocycles. The molecule has 0 fully saturated rings. The molecule has 1 atom stereocenters. The van der Waals surface area contributed by atoms with Crippen molar-refractivity contribution in [1.29, 1.82) is 0 Å². The molecule has 3 aromatic rings. The van der Waals surface area contributed by atoms with Crippen molar-refractivity contribution in [2.75, 3.05) is 20.1 Å². The Morgan fingerprint density at radius 2 is 2.03 bits per heavy atom. The van der Waals surface area contributed by atoms with Gasteiger partial charge in [-0.05, 0) is 56.8 Å². The monoisotopic (exact) mass is 467 g/mol. The average Bonchev–Trinajstić information content (AvgIpc) is 3.10. The molecule has 0 aliphatic carbocycles. The fourth-order valence-corrected chi connectivity index (χ4v) is 5.40. The van der Waals surface area contributed by atoms with E-state index in [1.165, 1.54) is 11.8 Å². The molecule has 1 N–H and O–H groups in total. The van der Waals surface area contributed by atoms with Gasteiger partial charge in [-0.3, -0.25) is 4.79 Å². The van der Waals surface area contributed by atoms with Crippen LogP contribution in [0.5, 0.6) is 0 Å². The van der Waals surface area contributed by atoms with Crippen molar-refractivity contribution >= 4 is 62.4 Å². The van der Waals surface area contributed by atoms with Gasteiger partial charge in [0.25, 0.3) is 0 Å². The average molecular weight is 468 g/mol. The number of thioether (sulfide) groups is 1. The molecule has 8 heteroatoms. The summed E-state index contributed by atoms with van der Waals surface area (Å²) in [6, 6.07) is 13.7. The van der Waals surface area contributed by atoms with Crippen LogP contribution in [-0.4, -0.2) is 41.2 Å². The van der Waals surface area contributed by atoms with Gasteiger partial charge < -0.3 is 10.2 Å². The maximum absolute atomic E-state index is 12.4. The summed E-state index contributed by atoms with van der Waals surface area (Å²) in [5, 5.41) is 3.99. The molecule has 4 nitrogen and oxygen atoms in total. The zero-order chi connectivity index (χ0) is 20.8. The summed E-state index contributed by atoms with van der Waals surface area (Å²) < 4.78 is 2.07. The number of fused-ring (bicyclic) bond motifs is 1. The van der Waals surface area contributed by atoms with Crippen LogP contribution in [0, 0.1) is 0 Å². The van der Waals surface area contributed by atoms with Crippen LogP contribution in [0.2, 0.25) is 10.0 Å². The number of halogens is 2. The van der Waals surface area contributed by atoms with Crippen LogP contribution in [0.25, 0.3) is 10.2 Å². The summed E-state index contributed by atoms with van der Waals surface area (Å²) in [4.78, 5) is 19.2. The molecule has 1 heterocycles. The topological polar surface area (TPSA) is 45.2 Å². The SMILES string of the molecule is CC(Sc1nc2ccccc2s1)C(=O)NCCCN(C)Cc1ccc(Cl)c(Cl)c1. The third-order valence-electron chi connectivity index (χ3n) is 4.37. The van der Waals surface area contributed by atoms with Crippen molar-refractivity contribution < 1.29 is 4.79 Å². The number of carbonyl (C=O) groups excluding carboxylic acids is 1. The lowest BCUT2D eigenvalue weighted by atomic mass is 10.2. The number of aromatic nitrogens is 1. The van der Waals surface area contributed by atoms with Crippen LogP contribution in [0.4, 0.5) is 0 Å². The maximum atomic E-state index is 12.4. The molecule has 3 rings (SSSR count). The number of carbonyl (C=O) groups is 1. The lowest BCUT2D eigenvalue weighted by Crippen LogP contribution is -2.33. The number of rotatable bonds is 9. The second kappa shape index (κ2) is 10.6. The van der Waals surface area contributed by atoms with E-state index >= 15 is 0 Å². The zero-order valence-electron chi connectivity index (χ0n) is 16.3. The highest BCUT2D eigenvalue weighted by Crippen LogP contribution is 2.31. The van der Waals surface area contributed by atoms with Crippen molar-refractivity contribution in [2.24, 2.45) is 0 Å². The first-order chi connectivity index (χ1) is 13.9. The van der Waals surface area contributed by atoms with Crippen molar-refractivity contribution in [3.63, 3.8) is 0 Å². The summed E-state index contributed by atoms with van der Waals surface area (Å²) in [6.45, 7) is 4.23. The molecule has 0 spiro atoms. The Bertz CT molecular complexity index is 946. The first-order valence-corrected chi connectivity index (χ1v) is 11.8. The molecule has 29 heavy (non-hydrogen) atoms. The lowest BCUT2D eigenvalue weighted by molar-refractivity contribution is -0.120. The molecule has 0 saturated heterocycles. The highest BCUT2D eigenvalue weighted by molar-refractivity contribution is 8.02. The molecular formula is C21H23Cl2N3OS2. The standard InChI is InChI=1S/C21H23Cl2N3OS2/c1-14(28-21-25-18-6-3-4-7-19(18)29-21)20(27)24-10-5-11-26(2)13-15-8-9-16(22)17(23)12-15/h3-4,6-9,12,14H,5,10-11,13H2,1-2H3,(H,24,27). The zero-order valence-corrected chi connectivity index (χ0v) is 19.5. The second-order valence-corrected chi connectivity index (χ2v) is 10.3. The minimum atomic E-state index is -0.176. The number of nitrogens with one attached hydrogen (secondary N) is 1. The third kappa shape index (κ3) is 6.59. The van der Waals surface area contributed by atoms with Crippen molar-refractivity contribution in [2.45, 2.75) is 29.5 Å². The van der Waals surface area contributed by atoms with Gasteiger partial charge in [0.05, 0.1) is 25.5 Å². The highest BCUT2D eigenvalue weighted by Gasteiger charge is 2.16. The minimum absolute atomic E-state index is 0.0430. The van der Waals surface area contributed by atoms with Crippen LogP contribution in [0.15, 0.2) is 46.8 Å². The van der Waals surface area contributed by atoms with Crippen molar-refractivity contribution in [1.82, 2.24) is 15.2 Å². The minimum Gasteiger partial charge on any atom is -0.355 e. The van der Waals surface area contributed by atoms with E-state index in [2.05, 4.69) is 28.3 Å². The summed E-state index contributed by atoms with van der Waals surface area (Å²) in [5.74, 6) is 0.0430. The van der Waals surface area contributed by atoms with Gasteiger partial charge in [0.1, 0.15) is 0 Å². The van der Waals surface area contributed by atoms with Gasteiger partial charge in [0, 0.05) is 13.1 Å². The van der Waals surface area contributed by atoms with Crippen LogP contribution < -0.4 is 5.32 Å². The number of amides is 1. The van der Waals surface area contributed by atoms with Crippen LogP contribution in [0.3, 0.4) is 0 Å². The molecular weight excluding hydrogens is 445 g/mol. The molecule has 0 bridgehead atoms. The number of para-hydroxylation sites is 1. The Morgan fingerprint density at radius 1 is 1.24 bits per heavy atom. The summed E-state index contributed by atoms with van der Waals surface area (Å²) >= 11 is 15.2. The van der Waals surface area contributed by atoms with Crippen LogP contribution in [-0.2, 0) is 11.3 Å². The van der Waals surface area contributed by atoms with Gasteiger partial charge in [-0.2, -0.15) is 0 Å². The maximum Gasteiger partial charge on any atom is 0.233 e. The van der Waals surface area contributed by atoms with Gasteiger partial charge >= 0.3 is 0 Å². The Morgan fingerprint density at radius 3 is 2.79 bits per heavy atom. The molecule has 1 unspecified atom stereocenters. The van der Waals surface area contributed by atoms with E-state index < -0.39 is 0 Å². The quantitative estimate of drug-likeness (QED) is 0.322. The molecule has 1 amide bonds. The predicted molar refractivity (Wildman–Crippen MR) is 125 cm³/mol. The summed E-state index contributed by atoms with van der Waals surface area (Å²) in [6.07, 6.45) is 0.877. The van der Waals surface area contributed by atoms with Gasteiger partial charge in [0.15, 0.2) is 4.34 Å². The van der Waals surface area contributed by atoms with Gasteiger partial charge in [-0.25, -0.2) is 4.98 Å². The van der Waals surface area contributed by atoms with Gasteiger partial charge in [-0.1, -0.05) is 53.2 Å². The van der Waals surface area contributed by atoms with Crippen LogP contribution in [0.1, 0.15) is 18.9 Å². The third-order valence-corrected chi connectivity index (χ3v) is 7.34. The smallest absolute Gasteiger partial charge is 0.233 e. The number of nitrogens with zero attached hydrogens (tertiary/aromatic N) is 2. The first kappa shape index (κ1) is 22.4. The van der Waals surface area contributed by atoms with E-state index in [4.69, 9.17) is 23.2 Å². The molecule has 0 saturated carbocycles. The molecule has 0 radical (unpaired) electrons. The van der Waals surface area contributed by atoms with E-state index in [1.807, 2.05) is 43.3 Å². The van der Waals surface area contributed by atoms with Gasteiger partial charge in [0.2, 0.25) is 5.91 Å². The first-order valence-electron chi connectivity index (χ1n) is 9.35. The highest BCUT2D eigenvalue weighted by atomic mass is 35.5. The van der Waals surface area contributed by atoms with Crippen LogP contribution >= 0.6 is 46.3 Å². The number of benzene rings is 2. The predicted octanol–water partition coefficient (Wildman–Crippen LogP) is 5.72. The largest absolute Gasteiger partial charge is 0.355 e. The Labute approximate surface area is 189 Å². The number of thiazole rings is 1. The van der Waals surface area contributed by atoms with Crippen molar-refractivity contribution in [3.05, 3.63) is 58.1 Å². The number of hydrogen-bond donors (Lipinski definition) is 1. The number of hydrogen-bond acceptors (Lipinski definition) is 5. The van der Waals surface area contributed by atoms with E-state index in [-0.39, 0.29) is 11.2 Å². The fourth-order valence-electron chi connectivity index (χ4n) is 2.84. The molecule has 1 aromatic heterocycles. The van der Waals surface area contributed by atoms with E-state index in [9.17, 15) is 4.79 Å². The van der Waals surface area contributed by atoms with E-state index in [0.29, 0.717) is 16.6 Å². The molecule has 2 aromatic carbocycles. The summed E-state index contributed by atoms with van der Waals surface area (Å²) in [5.41, 5.74) is 2.10. The van der Waals surface area contributed by atoms with Crippen molar-refractivity contribution in [3.8, 4) is 0 Å². The summed E-state index contributed by atoms with van der Waals surface area (Å²) in [7, 11) is 2.05. The lowest BCUT2D eigenvalue weighted by Gasteiger charge is -2.17. The van der Waals surface area contributed by atoms with Gasteiger partial charge in [-0.15, -0.1) is 11.3 Å². The molecule has 0 aliphatic rings.